The lowest BCUT2D eigenvalue weighted by atomic mass is 9.68. The summed E-state index contributed by atoms with van der Waals surface area (Å²) in [5.74, 6) is 0.885. The third-order valence-corrected chi connectivity index (χ3v) is 6.21. The van der Waals surface area contributed by atoms with Gasteiger partial charge in [0.05, 0.1) is 6.61 Å². The molecule has 1 aliphatic heterocycles. The fraction of sp³-hybridized carbons (Fsp3) is 1.00. The molecule has 1 heterocycles. The quantitative estimate of drug-likeness (QED) is 0.808. The Kier molecular flexibility index (Phi) is 3.02. The van der Waals surface area contributed by atoms with Crippen molar-refractivity contribution in [1.82, 2.24) is 5.32 Å². The second-order valence-electron chi connectivity index (χ2n) is 7.75. The largest absolute Gasteiger partial charge is 0.360 e. The summed E-state index contributed by atoms with van der Waals surface area (Å²) < 4.78 is 6.27. The van der Waals surface area contributed by atoms with Crippen molar-refractivity contribution < 1.29 is 4.74 Å². The van der Waals surface area contributed by atoms with E-state index < -0.39 is 0 Å². The van der Waals surface area contributed by atoms with Gasteiger partial charge in [-0.3, -0.25) is 5.32 Å². The molecule has 2 saturated carbocycles. The maximum atomic E-state index is 6.27. The van der Waals surface area contributed by atoms with Crippen LogP contribution in [0.3, 0.4) is 0 Å². The Balaban J connectivity index is 1.56. The maximum absolute atomic E-state index is 6.27. The van der Waals surface area contributed by atoms with Crippen LogP contribution in [0.15, 0.2) is 0 Å². The van der Waals surface area contributed by atoms with Gasteiger partial charge < -0.3 is 4.74 Å². The molecule has 3 rings (SSSR count). The summed E-state index contributed by atoms with van der Waals surface area (Å²) in [4.78, 5) is 0. The Morgan fingerprint density at radius 2 is 1.83 bits per heavy atom. The van der Waals surface area contributed by atoms with E-state index in [1.807, 2.05) is 0 Å². The van der Waals surface area contributed by atoms with E-state index in [1.54, 1.807) is 0 Å². The van der Waals surface area contributed by atoms with Crippen molar-refractivity contribution >= 4 is 0 Å². The average molecular weight is 251 g/mol. The third kappa shape index (κ3) is 2.22. The van der Waals surface area contributed by atoms with Crippen molar-refractivity contribution in [2.45, 2.75) is 71.4 Å². The van der Waals surface area contributed by atoms with E-state index in [1.165, 1.54) is 51.5 Å². The second-order valence-corrected chi connectivity index (χ2v) is 7.75. The molecule has 18 heavy (non-hydrogen) atoms. The maximum Gasteiger partial charge on any atom is 0.119 e. The van der Waals surface area contributed by atoms with Gasteiger partial charge in [0, 0.05) is 12.0 Å². The van der Waals surface area contributed by atoms with Gasteiger partial charge in [-0.1, -0.05) is 27.2 Å². The minimum absolute atomic E-state index is 0.0498. The lowest BCUT2D eigenvalue weighted by molar-refractivity contribution is -0.151. The van der Waals surface area contributed by atoms with Gasteiger partial charge in [0.1, 0.15) is 5.72 Å². The summed E-state index contributed by atoms with van der Waals surface area (Å²) in [6.07, 6.45) is 9.15. The van der Waals surface area contributed by atoms with Gasteiger partial charge in [-0.05, 0) is 49.9 Å². The Labute approximate surface area is 112 Å². The summed E-state index contributed by atoms with van der Waals surface area (Å²) >= 11 is 0. The van der Waals surface area contributed by atoms with Crippen LogP contribution in [0.4, 0.5) is 0 Å². The van der Waals surface area contributed by atoms with Gasteiger partial charge in [-0.25, -0.2) is 0 Å². The van der Waals surface area contributed by atoms with Crippen LogP contribution in [0.25, 0.3) is 0 Å². The van der Waals surface area contributed by atoms with Crippen LogP contribution < -0.4 is 5.32 Å². The van der Waals surface area contributed by atoms with E-state index in [0.29, 0.717) is 10.8 Å². The van der Waals surface area contributed by atoms with Gasteiger partial charge in [-0.2, -0.15) is 0 Å². The molecule has 0 aromatic carbocycles. The predicted molar refractivity (Wildman–Crippen MR) is 74.4 cm³/mol. The molecule has 1 N–H and O–H groups in total. The summed E-state index contributed by atoms with van der Waals surface area (Å²) in [6, 6.07) is 0. The molecule has 0 aromatic heterocycles. The molecular formula is C16H29NO. The fourth-order valence-corrected chi connectivity index (χ4v) is 3.72. The van der Waals surface area contributed by atoms with Gasteiger partial charge in [0.25, 0.3) is 0 Å². The highest BCUT2D eigenvalue weighted by molar-refractivity contribution is 5.02. The second kappa shape index (κ2) is 4.21. The molecule has 2 heteroatoms. The number of hydrogen-bond donors (Lipinski definition) is 1. The molecule has 0 unspecified atom stereocenters. The molecule has 2 aliphatic carbocycles. The van der Waals surface area contributed by atoms with Crippen molar-refractivity contribution in [2.75, 3.05) is 13.2 Å². The molecule has 0 bridgehead atoms. The molecule has 3 aliphatic rings. The highest BCUT2D eigenvalue weighted by Gasteiger charge is 2.51. The lowest BCUT2D eigenvalue weighted by Gasteiger charge is -2.48. The van der Waals surface area contributed by atoms with Gasteiger partial charge in [-0.15, -0.1) is 0 Å². The van der Waals surface area contributed by atoms with Crippen LogP contribution >= 0.6 is 0 Å². The first kappa shape index (κ1) is 12.9. The zero-order valence-corrected chi connectivity index (χ0v) is 12.3. The first-order valence-corrected chi connectivity index (χ1v) is 7.88. The Morgan fingerprint density at radius 1 is 1.17 bits per heavy atom. The molecule has 2 spiro atoms. The monoisotopic (exact) mass is 251 g/mol. The third-order valence-electron chi connectivity index (χ3n) is 6.21. The lowest BCUT2D eigenvalue weighted by Crippen LogP contribution is -2.57. The van der Waals surface area contributed by atoms with Crippen molar-refractivity contribution in [2.24, 2.45) is 16.7 Å². The summed E-state index contributed by atoms with van der Waals surface area (Å²) in [5, 5.41) is 3.76. The first-order chi connectivity index (χ1) is 8.49. The van der Waals surface area contributed by atoms with Gasteiger partial charge in [0.15, 0.2) is 0 Å². The molecule has 0 atom stereocenters. The van der Waals surface area contributed by atoms with Crippen LogP contribution in [0.5, 0.6) is 0 Å². The summed E-state index contributed by atoms with van der Waals surface area (Å²) in [7, 11) is 0. The molecule has 0 aromatic rings. The zero-order valence-electron chi connectivity index (χ0n) is 12.3. The normalized spacial score (nSPS) is 39.2. The minimum Gasteiger partial charge on any atom is -0.360 e. The standard InChI is InChI=1S/C16H29NO/c1-4-14(2,3)13-5-7-16(8-6-13)17-11-15(9-10-15)12-18-16/h13,17H,4-12H2,1-3H3. The minimum atomic E-state index is 0.0498. The number of ether oxygens (including phenoxy) is 1. The number of hydrogen-bond acceptors (Lipinski definition) is 2. The zero-order chi connectivity index (χ0) is 12.9. The van der Waals surface area contributed by atoms with Gasteiger partial charge >= 0.3 is 0 Å². The molecular weight excluding hydrogens is 222 g/mol. The van der Waals surface area contributed by atoms with Crippen molar-refractivity contribution in [3.05, 3.63) is 0 Å². The van der Waals surface area contributed by atoms with E-state index in [0.717, 1.165) is 12.5 Å². The highest BCUT2D eigenvalue weighted by Crippen LogP contribution is 2.51. The van der Waals surface area contributed by atoms with Crippen LogP contribution in [0.1, 0.15) is 65.7 Å². The fourth-order valence-electron chi connectivity index (χ4n) is 3.72. The van der Waals surface area contributed by atoms with Gasteiger partial charge in [0.2, 0.25) is 0 Å². The summed E-state index contributed by atoms with van der Waals surface area (Å²) in [6.45, 7) is 9.42. The Morgan fingerprint density at radius 3 is 2.28 bits per heavy atom. The number of rotatable bonds is 2. The van der Waals surface area contributed by atoms with E-state index in [9.17, 15) is 0 Å². The molecule has 0 amide bonds. The molecule has 3 fully saturated rings. The van der Waals surface area contributed by atoms with E-state index in [-0.39, 0.29) is 5.72 Å². The number of nitrogens with one attached hydrogen (secondary N) is 1. The molecule has 2 nitrogen and oxygen atoms in total. The van der Waals surface area contributed by atoms with E-state index >= 15 is 0 Å². The Bertz CT molecular complexity index is 299. The highest BCUT2D eigenvalue weighted by atomic mass is 16.5. The SMILES string of the molecule is CCC(C)(C)C1CCC2(CC1)NCC1(CC1)CO2. The smallest absolute Gasteiger partial charge is 0.119 e. The molecule has 0 radical (unpaired) electrons. The van der Waals surface area contributed by atoms with Crippen LogP contribution in [0.2, 0.25) is 0 Å². The summed E-state index contributed by atoms with van der Waals surface area (Å²) in [5.41, 5.74) is 1.10. The first-order valence-electron chi connectivity index (χ1n) is 7.88. The molecule has 1 saturated heterocycles. The Hall–Kier alpha value is -0.0800. The van der Waals surface area contributed by atoms with E-state index in [2.05, 4.69) is 26.1 Å². The van der Waals surface area contributed by atoms with Crippen LogP contribution in [-0.4, -0.2) is 18.9 Å². The predicted octanol–water partition coefficient (Wildman–Crippen LogP) is 3.71. The van der Waals surface area contributed by atoms with Crippen molar-refractivity contribution in [1.29, 1.82) is 0 Å². The topological polar surface area (TPSA) is 21.3 Å². The van der Waals surface area contributed by atoms with E-state index in [4.69, 9.17) is 4.74 Å². The van der Waals surface area contributed by atoms with Crippen LogP contribution in [-0.2, 0) is 4.74 Å². The molecule has 104 valence electrons. The van der Waals surface area contributed by atoms with Crippen molar-refractivity contribution in [3.8, 4) is 0 Å². The van der Waals surface area contributed by atoms with Crippen LogP contribution in [0, 0.1) is 16.7 Å². The van der Waals surface area contributed by atoms with Crippen molar-refractivity contribution in [3.63, 3.8) is 0 Å². The average Bonchev–Trinajstić information content (AvgIpc) is 3.15.